The van der Waals surface area contributed by atoms with E-state index in [1.54, 1.807) is 7.05 Å². The molecule has 0 radical (unpaired) electrons. The second kappa shape index (κ2) is 6.81. The summed E-state index contributed by atoms with van der Waals surface area (Å²) in [5, 5.41) is 6.42. The molecule has 0 amide bonds. The molecule has 0 aliphatic carbocycles. The fourth-order valence-electron chi connectivity index (χ4n) is 3.84. The third-order valence-electron chi connectivity index (χ3n) is 5.21. The minimum atomic E-state index is -0.0131. The first-order chi connectivity index (χ1) is 12.2. The molecule has 0 bridgehead atoms. The smallest absolute Gasteiger partial charge is 0.274 e. The molecule has 4 rings (SSSR count). The zero-order valence-electron chi connectivity index (χ0n) is 14.6. The van der Waals surface area contributed by atoms with Crippen LogP contribution in [-0.4, -0.2) is 27.8 Å². The lowest BCUT2D eigenvalue weighted by molar-refractivity contribution is 0.203. The van der Waals surface area contributed by atoms with Crippen molar-refractivity contribution in [3.63, 3.8) is 0 Å². The van der Waals surface area contributed by atoms with Crippen LogP contribution in [0.5, 0.6) is 0 Å². The van der Waals surface area contributed by atoms with Crippen molar-refractivity contribution in [2.45, 2.75) is 25.3 Å². The molecule has 0 unspecified atom stereocenters. The fourth-order valence-corrected chi connectivity index (χ4v) is 3.84. The number of fused-ring (bicyclic) bond motifs is 1. The average Bonchev–Trinajstić information content (AvgIpc) is 2.66. The molecule has 1 aromatic heterocycles. The van der Waals surface area contributed by atoms with Crippen LogP contribution in [0.15, 0.2) is 59.4 Å². The molecule has 0 saturated carbocycles. The van der Waals surface area contributed by atoms with E-state index >= 15 is 0 Å². The van der Waals surface area contributed by atoms with Crippen molar-refractivity contribution in [3.05, 3.63) is 76.2 Å². The van der Waals surface area contributed by atoms with Gasteiger partial charge in [-0.1, -0.05) is 48.5 Å². The minimum Gasteiger partial charge on any atom is -0.299 e. The predicted molar refractivity (Wildman–Crippen MR) is 101 cm³/mol. The summed E-state index contributed by atoms with van der Waals surface area (Å²) < 4.78 is 1.49. The first-order valence-corrected chi connectivity index (χ1v) is 8.94. The summed E-state index contributed by atoms with van der Waals surface area (Å²) in [4.78, 5) is 14.8. The van der Waals surface area contributed by atoms with E-state index in [9.17, 15) is 4.79 Å². The molecule has 2 heterocycles. The van der Waals surface area contributed by atoms with E-state index in [1.807, 2.05) is 24.3 Å². The number of nitrogens with zero attached hydrogens (tertiary/aromatic N) is 3. The van der Waals surface area contributed by atoms with Crippen molar-refractivity contribution in [2.24, 2.45) is 7.05 Å². The molecule has 0 atom stereocenters. The van der Waals surface area contributed by atoms with Crippen LogP contribution in [0.3, 0.4) is 0 Å². The molecule has 1 saturated heterocycles. The van der Waals surface area contributed by atoms with Gasteiger partial charge in [0.1, 0.15) is 0 Å². The van der Waals surface area contributed by atoms with Gasteiger partial charge in [-0.15, -0.1) is 0 Å². The summed E-state index contributed by atoms with van der Waals surface area (Å²) in [6, 6.07) is 18.5. The van der Waals surface area contributed by atoms with Crippen LogP contribution in [0.1, 0.15) is 30.0 Å². The van der Waals surface area contributed by atoms with Crippen LogP contribution in [0.4, 0.5) is 0 Å². The molecule has 2 aromatic carbocycles. The van der Waals surface area contributed by atoms with E-state index in [0.29, 0.717) is 5.92 Å². The van der Waals surface area contributed by atoms with Gasteiger partial charge in [0, 0.05) is 24.9 Å². The molecular formula is C21H23N3O. The van der Waals surface area contributed by atoms with Gasteiger partial charge in [0.2, 0.25) is 0 Å². The van der Waals surface area contributed by atoms with E-state index in [1.165, 1.54) is 10.2 Å². The molecule has 1 aliphatic heterocycles. The molecule has 25 heavy (non-hydrogen) atoms. The maximum Gasteiger partial charge on any atom is 0.274 e. The van der Waals surface area contributed by atoms with E-state index in [2.05, 4.69) is 40.3 Å². The van der Waals surface area contributed by atoms with Crippen molar-refractivity contribution >= 4 is 10.8 Å². The van der Waals surface area contributed by atoms with Crippen LogP contribution in [0, 0.1) is 0 Å². The second-order valence-electron chi connectivity index (χ2n) is 6.90. The van der Waals surface area contributed by atoms with Gasteiger partial charge >= 0.3 is 0 Å². The van der Waals surface area contributed by atoms with Crippen LogP contribution in [0.2, 0.25) is 0 Å². The Morgan fingerprint density at radius 1 is 0.960 bits per heavy atom. The number of aryl methyl sites for hydroxylation is 1. The summed E-state index contributed by atoms with van der Waals surface area (Å²) in [6.07, 6.45) is 2.17. The Labute approximate surface area is 147 Å². The van der Waals surface area contributed by atoms with Crippen LogP contribution in [0.25, 0.3) is 10.8 Å². The number of hydrogen-bond acceptors (Lipinski definition) is 3. The molecule has 4 nitrogen and oxygen atoms in total. The zero-order chi connectivity index (χ0) is 17.2. The Balaban J connectivity index is 1.54. The number of likely N-dealkylation sites (tertiary alicyclic amines) is 1. The Kier molecular flexibility index (Phi) is 4.36. The van der Waals surface area contributed by atoms with Crippen molar-refractivity contribution in [2.75, 3.05) is 13.1 Å². The van der Waals surface area contributed by atoms with E-state index in [0.717, 1.165) is 48.9 Å². The quantitative estimate of drug-likeness (QED) is 0.738. The minimum absolute atomic E-state index is 0.0131. The summed E-state index contributed by atoms with van der Waals surface area (Å²) in [6.45, 7) is 3.14. The Morgan fingerprint density at radius 3 is 2.32 bits per heavy atom. The van der Waals surface area contributed by atoms with Gasteiger partial charge in [0.05, 0.1) is 11.1 Å². The highest BCUT2D eigenvalue weighted by atomic mass is 16.1. The molecule has 1 fully saturated rings. The molecule has 128 valence electrons. The highest BCUT2D eigenvalue weighted by Gasteiger charge is 2.24. The molecule has 1 aliphatic rings. The predicted octanol–water partition coefficient (Wildman–Crippen LogP) is 3.31. The van der Waals surface area contributed by atoms with Crippen LogP contribution in [-0.2, 0) is 13.6 Å². The maximum atomic E-state index is 12.3. The van der Waals surface area contributed by atoms with Gasteiger partial charge in [-0.3, -0.25) is 9.69 Å². The Hall–Kier alpha value is -2.46. The van der Waals surface area contributed by atoms with Gasteiger partial charge in [-0.25, -0.2) is 4.68 Å². The van der Waals surface area contributed by atoms with E-state index in [4.69, 9.17) is 0 Å². The molecule has 0 N–H and O–H groups in total. The number of rotatable bonds is 3. The zero-order valence-corrected chi connectivity index (χ0v) is 14.6. The van der Waals surface area contributed by atoms with E-state index in [-0.39, 0.29) is 5.56 Å². The molecule has 3 aromatic rings. The second-order valence-corrected chi connectivity index (χ2v) is 6.90. The lowest BCUT2D eigenvalue weighted by atomic mass is 9.90. The Morgan fingerprint density at radius 2 is 1.60 bits per heavy atom. The summed E-state index contributed by atoms with van der Waals surface area (Å²) >= 11 is 0. The van der Waals surface area contributed by atoms with Gasteiger partial charge in [0.25, 0.3) is 5.56 Å². The number of benzene rings is 2. The SMILES string of the molecule is Cn1nc(C2CCN(Cc3ccccc3)CC2)c2ccccc2c1=O. The van der Waals surface area contributed by atoms with Crippen molar-refractivity contribution in [1.29, 1.82) is 0 Å². The molecule has 4 heteroatoms. The third kappa shape index (κ3) is 3.22. The first-order valence-electron chi connectivity index (χ1n) is 8.94. The number of aromatic nitrogens is 2. The number of hydrogen-bond donors (Lipinski definition) is 0. The van der Waals surface area contributed by atoms with E-state index < -0.39 is 0 Å². The van der Waals surface area contributed by atoms with Crippen molar-refractivity contribution in [1.82, 2.24) is 14.7 Å². The number of piperidine rings is 1. The van der Waals surface area contributed by atoms with Crippen LogP contribution < -0.4 is 5.56 Å². The first kappa shape index (κ1) is 16.0. The van der Waals surface area contributed by atoms with Gasteiger partial charge in [-0.05, 0) is 37.6 Å². The van der Waals surface area contributed by atoms with Gasteiger partial charge in [-0.2, -0.15) is 5.10 Å². The standard InChI is InChI=1S/C21H23N3O/c1-23-21(25)19-10-6-5-9-18(19)20(22-23)17-11-13-24(14-12-17)15-16-7-3-2-4-8-16/h2-10,17H,11-15H2,1H3. The average molecular weight is 333 g/mol. The van der Waals surface area contributed by atoms with Crippen LogP contribution >= 0.6 is 0 Å². The molecular weight excluding hydrogens is 310 g/mol. The molecule has 0 spiro atoms. The Bertz CT molecular complexity index is 925. The maximum absolute atomic E-state index is 12.3. The summed E-state index contributed by atoms with van der Waals surface area (Å²) in [5.41, 5.74) is 2.43. The highest BCUT2D eigenvalue weighted by Crippen LogP contribution is 2.30. The highest BCUT2D eigenvalue weighted by molar-refractivity contribution is 5.83. The van der Waals surface area contributed by atoms with Crippen molar-refractivity contribution < 1.29 is 0 Å². The van der Waals surface area contributed by atoms with Crippen molar-refractivity contribution in [3.8, 4) is 0 Å². The summed E-state index contributed by atoms with van der Waals surface area (Å²) in [5.74, 6) is 0.420. The largest absolute Gasteiger partial charge is 0.299 e. The van der Waals surface area contributed by atoms with Gasteiger partial charge in [0.15, 0.2) is 0 Å². The summed E-state index contributed by atoms with van der Waals surface area (Å²) in [7, 11) is 1.75. The monoisotopic (exact) mass is 333 g/mol. The normalized spacial score (nSPS) is 16.4. The fraction of sp³-hybridized carbons (Fsp3) is 0.333. The van der Waals surface area contributed by atoms with Gasteiger partial charge < -0.3 is 0 Å². The topological polar surface area (TPSA) is 38.1 Å². The lowest BCUT2D eigenvalue weighted by Gasteiger charge is -2.32. The third-order valence-corrected chi connectivity index (χ3v) is 5.21. The lowest BCUT2D eigenvalue weighted by Crippen LogP contribution is -2.33.